The third-order valence-electron chi connectivity index (χ3n) is 1.89. The summed E-state index contributed by atoms with van der Waals surface area (Å²) in [5, 5.41) is 13.3. The zero-order valence-corrected chi connectivity index (χ0v) is 10.7. The molecule has 1 atom stereocenters. The zero-order valence-electron chi connectivity index (χ0n) is 9.89. The number of hydrogen-bond donors (Lipinski definition) is 3. The molecule has 0 aliphatic heterocycles. The Kier molecular flexibility index (Phi) is 6.55. The molecule has 0 fully saturated rings. The van der Waals surface area contributed by atoms with Crippen LogP contribution in [0, 0.1) is 5.92 Å². The summed E-state index contributed by atoms with van der Waals surface area (Å²) in [5.74, 6) is -1.21. The van der Waals surface area contributed by atoms with Crippen molar-refractivity contribution in [2.45, 2.75) is 13.3 Å². The Morgan fingerprint density at radius 2 is 1.88 bits per heavy atom. The van der Waals surface area contributed by atoms with Crippen molar-refractivity contribution in [3.8, 4) is 0 Å². The van der Waals surface area contributed by atoms with Crippen LogP contribution in [0.15, 0.2) is 0 Å². The number of rotatable bonds is 7. The van der Waals surface area contributed by atoms with E-state index in [0.717, 1.165) is 6.26 Å². The lowest BCUT2D eigenvalue weighted by Gasteiger charge is -2.11. The van der Waals surface area contributed by atoms with Crippen molar-refractivity contribution in [1.82, 2.24) is 10.6 Å². The molecule has 0 aromatic rings. The lowest BCUT2D eigenvalue weighted by molar-refractivity contribution is -0.137. The van der Waals surface area contributed by atoms with E-state index in [-0.39, 0.29) is 31.2 Å². The predicted octanol–water partition coefficient (Wildman–Crippen LogP) is -0.559. The van der Waals surface area contributed by atoms with E-state index >= 15 is 0 Å². The van der Waals surface area contributed by atoms with Crippen molar-refractivity contribution < 1.29 is 23.1 Å². The summed E-state index contributed by atoms with van der Waals surface area (Å²) in [4.78, 5) is 21.5. The molecule has 0 aromatic carbocycles. The molecule has 1 unspecified atom stereocenters. The van der Waals surface area contributed by atoms with Gasteiger partial charge in [0.2, 0.25) is 0 Å². The van der Waals surface area contributed by atoms with Gasteiger partial charge in [-0.3, -0.25) is 4.79 Å². The number of aliphatic carboxylic acids is 1. The van der Waals surface area contributed by atoms with Crippen molar-refractivity contribution in [3.63, 3.8) is 0 Å². The summed E-state index contributed by atoms with van der Waals surface area (Å²) in [7, 11) is -3.09. The first-order valence-electron chi connectivity index (χ1n) is 5.12. The normalized spacial score (nSPS) is 12.8. The fourth-order valence-electron chi connectivity index (χ4n) is 1.05. The van der Waals surface area contributed by atoms with Gasteiger partial charge in [-0.2, -0.15) is 0 Å². The molecule has 0 aromatic heterocycles. The Labute approximate surface area is 101 Å². The summed E-state index contributed by atoms with van der Waals surface area (Å²) >= 11 is 0. The summed E-state index contributed by atoms with van der Waals surface area (Å²) in [6.45, 7) is 1.97. The molecular weight excluding hydrogens is 248 g/mol. The second kappa shape index (κ2) is 7.10. The van der Waals surface area contributed by atoms with Gasteiger partial charge in [0.25, 0.3) is 0 Å². The average molecular weight is 266 g/mol. The standard InChI is InChI=1S/C9H18N2O5S/c1-7(5-8(12)13)6-11-9(14)10-3-4-17(2,15)16/h7H,3-6H2,1-2H3,(H,12,13)(H2,10,11,14). The molecule has 0 aliphatic rings. The number of carboxylic acids is 1. The minimum absolute atomic E-state index is 0.0242. The predicted molar refractivity (Wildman–Crippen MR) is 62.5 cm³/mol. The smallest absolute Gasteiger partial charge is 0.314 e. The first kappa shape index (κ1) is 15.7. The minimum atomic E-state index is -3.09. The number of carbonyl (C=O) groups excluding carboxylic acids is 1. The quantitative estimate of drug-likeness (QED) is 0.572. The molecule has 3 N–H and O–H groups in total. The van der Waals surface area contributed by atoms with Crippen LogP contribution in [0.3, 0.4) is 0 Å². The monoisotopic (exact) mass is 266 g/mol. The van der Waals surface area contributed by atoms with Gasteiger partial charge in [-0.25, -0.2) is 13.2 Å². The van der Waals surface area contributed by atoms with Gasteiger partial charge in [-0.05, 0) is 5.92 Å². The molecular formula is C9H18N2O5S. The van der Waals surface area contributed by atoms with Crippen molar-refractivity contribution in [2.75, 3.05) is 25.1 Å². The molecule has 0 spiro atoms. The Morgan fingerprint density at radius 1 is 1.29 bits per heavy atom. The van der Waals surface area contributed by atoms with Gasteiger partial charge >= 0.3 is 12.0 Å². The maximum atomic E-state index is 11.2. The van der Waals surface area contributed by atoms with Crippen LogP contribution >= 0.6 is 0 Å². The van der Waals surface area contributed by atoms with Crippen molar-refractivity contribution in [2.24, 2.45) is 5.92 Å². The third kappa shape index (κ3) is 11.0. The van der Waals surface area contributed by atoms with E-state index < -0.39 is 21.8 Å². The second-order valence-electron chi connectivity index (χ2n) is 3.97. The number of carboxylic acid groups (broad SMARTS) is 1. The molecule has 0 bridgehead atoms. The molecule has 0 aliphatic carbocycles. The Morgan fingerprint density at radius 3 is 2.35 bits per heavy atom. The molecule has 100 valence electrons. The highest BCUT2D eigenvalue weighted by Gasteiger charge is 2.09. The van der Waals surface area contributed by atoms with Gasteiger partial charge in [-0.1, -0.05) is 6.92 Å². The zero-order chi connectivity index (χ0) is 13.5. The van der Waals surface area contributed by atoms with Gasteiger partial charge in [0.1, 0.15) is 9.84 Å². The van der Waals surface area contributed by atoms with Crippen molar-refractivity contribution in [1.29, 1.82) is 0 Å². The first-order chi connectivity index (χ1) is 7.70. The molecule has 0 heterocycles. The fraction of sp³-hybridized carbons (Fsp3) is 0.778. The molecule has 8 heteroatoms. The minimum Gasteiger partial charge on any atom is -0.481 e. The lowest BCUT2D eigenvalue weighted by Crippen LogP contribution is -2.40. The number of hydrogen-bond acceptors (Lipinski definition) is 4. The average Bonchev–Trinajstić information content (AvgIpc) is 2.11. The molecule has 0 rings (SSSR count). The molecule has 7 nitrogen and oxygen atoms in total. The Bertz CT molecular complexity index is 366. The van der Waals surface area contributed by atoms with Crippen LogP contribution in [0.25, 0.3) is 0 Å². The third-order valence-corrected chi connectivity index (χ3v) is 2.84. The van der Waals surface area contributed by atoms with Crippen LogP contribution in [0.1, 0.15) is 13.3 Å². The fourth-order valence-corrected chi connectivity index (χ4v) is 1.52. The number of amides is 2. The van der Waals surface area contributed by atoms with Crippen LogP contribution < -0.4 is 10.6 Å². The largest absolute Gasteiger partial charge is 0.481 e. The van der Waals surface area contributed by atoms with E-state index in [4.69, 9.17) is 5.11 Å². The Hall–Kier alpha value is -1.31. The number of sulfone groups is 1. The summed E-state index contributed by atoms with van der Waals surface area (Å²) in [6.07, 6.45) is 1.06. The van der Waals surface area contributed by atoms with Crippen molar-refractivity contribution >= 4 is 21.8 Å². The summed E-state index contributed by atoms with van der Waals surface area (Å²) in [6, 6.07) is -0.495. The molecule has 0 radical (unpaired) electrons. The van der Waals surface area contributed by atoms with Crippen LogP contribution in [-0.4, -0.2) is 50.6 Å². The highest BCUT2D eigenvalue weighted by atomic mass is 32.2. The summed E-state index contributed by atoms with van der Waals surface area (Å²) < 4.78 is 21.5. The maximum absolute atomic E-state index is 11.2. The topological polar surface area (TPSA) is 113 Å². The lowest BCUT2D eigenvalue weighted by atomic mass is 10.1. The van der Waals surface area contributed by atoms with Crippen molar-refractivity contribution in [3.05, 3.63) is 0 Å². The van der Waals surface area contributed by atoms with E-state index in [1.54, 1.807) is 6.92 Å². The van der Waals surface area contributed by atoms with E-state index in [2.05, 4.69) is 10.6 Å². The summed E-state index contributed by atoms with van der Waals surface area (Å²) in [5.41, 5.74) is 0. The van der Waals surface area contributed by atoms with Crippen LogP contribution in [0.4, 0.5) is 4.79 Å². The van der Waals surface area contributed by atoms with Gasteiger partial charge in [0, 0.05) is 25.8 Å². The van der Waals surface area contributed by atoms with Gasteiger partial charge in [0.15, 0.2) is 0 Å². The maximum Gasteiger partial charge on any atom is 0.314 e. The number of urea groups is 1. The van der Waals surface area contributed by atoms with Gasteiger partial charge in [-0.15, -0.1) is 0 Å². The van der Waals surface area contributed by atoms with Crippen LogP contribution in [0.2, 0.25) is 0 Å². The highest BCUT2D eigenvalue weighted by molar-refractivity contribution is 7.90. The van der Waals surface area contributed by atoms with Crippen LogP contribution in [0.5, 0.6) is 0 Å². The first-order valence-corrected chi connectivity index (χ1v) is 7.18. The second-order valence-corrected chi connectivity index (χ2v) is 6.23. The number of nitrogens with one attached hydrogen (secondary N) is 2. The SMILES string of the molecule is CC(CNC(=O)NCCS(C)(=O)=O)CC(=O)O. The highest BCUT2D eigenvalue weighted by Crippen LogP contribution is 1.98. The Balaban J connectivity index is 3.70. The van der Waals surface area contributed by atoms with Gasteiger partial charge in [0.05, 0.1) is 5.75 Å². The van der Waals surface area contributed by atoms with Crippen LogP contribution in [-0.2, 0) is 14.6 Å². The van der Waals surface area contributed by atoms with E-state index in [0.29, 0.717) is 0 Å². The van der Waals surface area contributed by atoms with E-state index in [1.165, 1.54) is 0 Å². The van der Waals surface area contributed by atoms with E-state index in [9.17, 15) is 18.0 Å². The van der Waals surface area contributed by atoms with Gasteiger partial charge < -0.3 is 15.7 Å². The molecule has 17 heavy (non-hydrogen) atoms. The molecule has 2 amide bonds. The van der Waals surface area contributed by atoms with E-state index in [1.807, 2.05) is 0 Å². The molecule has 0 saturated heterocycles. The molecule has 0 saturated carbocycles. The number of carbonyl (C=O) groups is 2.